The van der Waals surface area contributed by atoms with Gasteiger partial charge in [0, 0.05) is 28.7 Å². The highest BCUT2D eigenvalue weighted by Gasteiger charge is 2.19. The standard InChI is InChI=1S/C18H23ClN2/c1-11(2)20-10-16-14-6-4-5-7-17(14)21-18-12(3)8-13(19)9-15(16)18/h8-9,11,20H,4-7,10H2,1-3H3. The van der Waals surface area contributed by atoms with Crippen molar-refractivity contribution < 1.29 is 0 Å². The van der Waals surface area contributed by atoms with E-state index in [4.69, 9.17) is 16.6 Å². The molecule has 0 amide bonds. The molecule has 2 aromatic rings. The number of nitrogens with zero attached hydrogens (tertiary/aromatic N) is 1. The van der Waals surface area contributed by atoms with Gasteiger partial charge in [-0.1, -0.05) is 25.4 Å². The van der Waals surface area contributed by atoms with Crippen LogP contribution in [0.5, 0.6) is 0 Å². The molecule has 0 radical (unpaired) electrons. The van der Waals surface area contributed by atoms with Gasteiger partial charge in [0.1, 0.15) is 0 Å². The molecule has 0 spiro atoms. The maximum absolute atomic E-state index is 6.29. The average molecular weight is 303 g/mol. The zero-order valence-electron chi connectivity index (χ0n) is 13.1. The molecular formula is C18H23ClN2. The van der Waals surface area contributed by atoms with Gasteiger partial charge in [0.2, 0.25) is 0 Å². The number of halogens is 1. The zero-order valence-corrected chi connectivity index (χ0v) is 13.8. The minimum atomic E-state index is 0.479. The summed E-state index contributed by atoms with van der Waals surface area (Å²) >= 11 is 6.29. The molecule has 1 heterocycles. The van der Waals surface area contributed by atoms with Gasteiger partial charge in [-0.3, -0.25) is 4.98 Å². The van der Waals surface area contributed by atoms with Crippen LogP contribution in [0.3, 0.4) is 0 Å². The molecule has 1 aliphatic rings. The van der Waals surface area contributed by atoms with E-state index >= 15 is 0 Å². The third kappa shape index (κ3) is 2.93. The maximum Gasteiger partial charge on any atom is 0.0738 e. The Kier molecular flexibility index (Phi) is 4.19. The number of nitrogens with one attached hydrogen (secondary N) is 1. The molecule has 1 aromatic carbocycles. The number of fused-ring (bicyclic) bond motifs is 2. The van der Waals surface area contributed by atoms with Crippen molar-refractivity contribution in [1.29, 1.82) is 0 Å². The minimum Gasteiger partial charge on any atom is -0.310 e. The van der Waals surface area contributed by atoms with Gasteiger partial charge in [-0.15, -0.1) is 0 Å². The molecule has 21 heavy (non-hydrogen) atoms. The predicted molar refractivity (Wildman–Crippen MR) is 90.1 cm³/mol. The Balaban J connectivity index is 2.22. The van der Waals surface area contributed by atoms with Crippen LogP contribution < -0.4 is 5.32 Å². The minimum absolute atomic E-state index is 0.479. The van der Waals surface area contributed by atoms with E-state index in [1.165, 1.54) is 40.6 Å². The van der Waals surface area contributed by atoms with Crippen LogP contribution in [0.1, 0.15) is 49.1 Å². The molecule has 0 bridgehead atoms. The van der Waals surface area contributed by atoms with Gasteiger partial charge in [-0.05, 0) is 61.4 Å². The van der Waals surface area contributed by atoms with Gasteiger partial charge in [0.25, 0.3) is 0 Å². The Hall–Kier alpha value is -1.12. The van der Waals surface area contributed by atoms with E-state index in [2.05, 4.69) is 32.2 Å². The van der Waals surface area contributed by atoms with Crippen LogP contribution in [0.2, 0.25) is 5.02 Å². The molecule has 1 aromatic heterocycles. The molecule has 0 saturated heterocycles. The van der Waals surface area contributed by atoms with Crippen LogP contribution in [0.15, 0.2) is 12.1 Å². The van der Waals surface area contributed by atoms with E-state index in [-0.39, 0.29) is 0 Å². The summed E-state index contributed by atoms with van der Waals surface area (Å²) in [4.78, 5) is 4.96. The van der Waals surface area contributed by atoms with Crippen molar-refractivity contribution in [2.75, 3.05) is 0 Å². The molecule has 0 atom stereocenters. The Morgan fingerprint density at radius 3 is 2.76 bits per heavy atom. The summed E-state index contributed by atoms with van der Waals surface area (Å²) in [7, 11) is 0. The van der Waals surface area contributed by atoms with Crippen LogP contribution in [0.25, 0.3) is 10.9 Å². The third-order valence-electron chi connectivity index (χ3n) is 4.33. The number of rotatable bonds is 3. The molecule has 0 aliphatic heterocycles. The van der Waals surface area contributed by atoms with Gasteiger partial charge >= 0.3 is 0 Å². The van der Waals surface area contributed by atoms with Crippen LogP contribution in [0.4, 0.5) is 0 Å². The van der Waals surface area contributed by atoms with Gasteiger partial charge in [0.05, 0.1) is 5.52 Å². The lowest BCUT2D eigenvalue weighted by atomic mass is 9.89. The van der Waals surface area contributed by atoms with E-state index in [9.17, 15) is 0 Å². The second kappa shape index (κ2) is 5.94. The van der Waals surface area contributed by atoms with E-state index in [0.29, 0.717) is 6.04 Å². The topological polar surface area (TPSA) is 24.9 Å². The molecule has 3 heteroatoms. The van der Waals surface area contributed by atoms with Crippen molar-refractivity contribution in [3.05, 3.63) is 39.5 Å². The predicted octanol–water partition coefficient (Wildman–Crippen LogP) is 4.57. The second-order valence-corrected chi connectivity index (χ2v) is 6.81. The molecule has 1 N–H and O–H groups in total. The zero-order chi connectivity index (χ0) is 15.0. The van der Waals surface area contributed by atoms with Crippen LogP contribution >= 0.6 is 11.6 Å². The number of hydrogen-bond acceptors (Lipinski definition) is 2. The van der Waals surface area contributed by atoms with Crippen LogP contribution in [-0.4, -0.2) is 11.0 Å². The quantitative estimate of drug-likeness (QED) is 0.898. The third-order valence-corrected chi connectivity index (χ3v) is 4.55. The first-order valence-electron chi connectivity index (χ1n) is 7.90. The summed E-state index contributed by atoms with van der Waals surface area (Å²) < 4.78 is 0. The van der Waals surface area contributed by atoms with Gasteiger partial charge in [0.15, 0.2) is 0 Å². The fourth-order valence-corrected chi connectivity index (χ4v) is 3.53. The van der Waals surface area contributed by atoms with Crippen LogP contribution in [0, 0.1) is 6.92 Å². The molecule has 0 saturated carbocycles. The lowest BCUT2D eigenvalue weighted by molar-refractivity contribution is 0.581. The average Bonchev–Trinajstić information content (AvgIpc) is 2.44. The Bertz CT molecular complexity index is 677. The number of aromatic nitrogens is 1. The molecule has 0 unspecified atom stereocenters. The fourth-order valence-electron chi connectivity index (χ4n) is 3.26. The molecular weight excluding hydrogens is 280 g/mol. The van der Waals surface area contributed by atoms with Crippen molar-refractivity contribution in [3.63, 3.8) is 0 Å². The molecule has 0 fully saturated rings. The van der Waals surface area contributed by atoms with Gasteiger partial charge in [-0.2, -0.15) is 0 Å². The molecule has 3 rings (SSSR count). The lowest BCUT2D eigenvalue weighted by Gasteiger charge is -2.22. The number of benzene rings is 1. The first-order valence-corrected chi connectivity index (χ1v) is 8.28. The van der Waals surface area contributed by atoms with Gasteiger partial charge in [-0.25, -0.2) is 0 Å². The van der Waals surface area contributed by atoms with E-state index in [1.807, 2.05) is 6.07 Å². The lowest BCUT2D eigenvalue weighted by Crippen LogP contribution is -2.24. The Morgan fingerprint density at radius 2 is 2.00 bits per heavy atom. The first kappa shape index (κ1) is 14.8. The highest BCUT2D eigenvalue weighted by molar-refractivity contribution is 6.31. The summed E-state index contributed by atoms with van der Waals surface area (Å²) in [5.74, 6) is 0. The van der Waals surface area contributed by atoms with Crippen LogP contribution in [-0.2, 0) is 19.4 Å². The van der Waals surface area contributed by atoms with Crippen molar-refractivity contribution >= 4 is 22.5 Å². The first-order chi connectivity index (χ1) is 10.1. The second-order valence-electron chi connectivity index (χ2n) is 6.38. The van der Waals surface area contributed by atoms with Crippen molar-refractivity contribution in [3.8, 4) is 0 Å². The summed E-state index contributed by atoms with van der Waals surface area (Å²) in [6.45, 7) is 7.39. The summed E-state index contributed by atoms with van der Waals surface area (Å²) in [6, 6.07) is 4.59. The van der Waals surface area contributed by atoms with E-state index in [0.717, 1.165) is 29.9 Å². The molecule has 1 aliphatic carbocycles. The number of pyridine rings is 1. The summed E-state index contributed by atoms with van der Waals surface area (Å²) in [5.41, 5.74) is 6.48. The van der Waals surface area contributed by atoms with Crippen molar-refractivity contribution in [2.45, 2.75) is 59.0 Å². The highest BCUT2D eigenvalue weighted by Crippen LogP contribution is 2.32. The summed E-state index contributed by atoms with van der Waals surface area (Å²) in [5, 5.41) is 5.61. The highest BCUT2D eigenvalue weighted by atomic mass is 35.5. The number of hydrogen-bond donors (Lipinski definition) is 1. The largest absolute Gasteiger partial charge is 0.310 e. The Labute approximate surface area is 131 Å². The summed E-state index contributed by atoms with van der Waals surface area (Å²) in [6.07, 6.45) is 4.80. The number of aryl methyl sites for hydroxylation is 2. The monoisotopic (exact) mass is 302 g/mol. The van der Waals surface area contributed by atoms with Gasteiger partial charge < -0.3 is 5.32 Å². The normalized spacial score (nSPS) is 14.7. The SMILES string of the molecule is Cc1cc(Cl)cc2c(CNC(C)C)c3c(nc12)CCCC3. The molecule has 2 nitrogen and oxygen atoms in total. The van der Waals surface area contributed by atoms with E-state index in [1.54, 1.807) is 0 Å². The maximum atomic E-state index is 6.29. The smallest absolute Gasteiger partial charge is 0.0738 e. The fraction of sp³-hybridized carbons (Fsp3) is 0.500. The molecule has 112 valence electrons. The van der Waals surface area contributed by atoms with Crippen molar-refractivity contribution in [2.24, 2.45) is 0 Å². The van der Waals surface area contributed by atoms with Crippen molar-refractivity contribution in [1.82, 2.24) is 10.3 Å². The Morgan fingerprint density at radius 1 is 1.24 bits per heavy atom. The van der Waals surface area contributed by atoms with E-state index < -0.39 is 0 Å².